The molecule has 2 aromatic carbocycles. The van der Waals surface area contributed by atoms with Gasteiger partial charge in [0.05, 0.1) is 35.3 Å². The quantitative estimate of drug-likeness (QED) is 0.199. The van der Waals surface area contributed by atoms with Crippen LogP contribution in [0.15, 0.2) is 18.2 Å². The van der Waals surface area contributed by atoms with Gasteiger partial charge in [-0.25, -0.2) is 14.8 Å². The maximum absolute atomic E-state index is 14.2. The lowest BCUT2D eigenvalue weighted by molar-refractivity contribution is -1.09. The smallest absolute Gasteiger partial charge is 0.200 e. The molecule has 6 N–H and O–H groups in total. The fraction of sp³-hybridized carbons (Fsp3) is 0.462. The Hall–Kier alpha value is -3.25. The zero-order valence-corrected chi connectivity index (χ0v) is 20.6. The van der Waals surface area contributed by atoms with Gasteiger partial charge in [0.1, 0.15) is 45.0 Å². The summed E-state index contributed by atoms with van der Waals surface area (Å²) in [4.78, 5) is 27.2. The number of ketones is 2. The molecular formula is C26H33FN4O6+2. The Kier molecular flexibility index (Phi) is 6.57. The first-order valence-electron chi connectivity index (χ1n) is 12.8. The predicted octanol–water partition coefficient (Wildman–Crippen LogP) is 2.84. The highest BCUT2D eigenvalue weighted by molar-refractivity contribution is 6.33. The van der Waals surface area contributed by atoms with Gasteiger partial charge >= 0.3 is 0 Å². The van der Waals surface area contributed by atoms with E-state index < -0.39 is 40.0 Å². The molecule has 2 saturated heterocycles. The topological polar surface area (TPSA) is 139 Å². The van der Waals surface area contributed by atoms with Gasteiger partial charge in [-0.15, -0.1) is 0 Å². The van der Waals surface area contributed by atoms with E-state index in [0.29, 0.717) is 69.8 Å². The number of likely N-dealkylation sites (tertiary alicyclic amines) is 2. The number of hydroxylamine groups is 6. The zero-order valence-electron chi connectivity index (χ0n) is 20.6. The van der Waals surface area contributed by atoms with Gasteiger partial charge in [-0.05, 0) is 12.1 Å². The first kappa shape index (κ1) is 25.4. The average Bonchev–Trinajstić information content (AvgIpc) is 3.49. The number of phenols is 2. The maximum atomic E-state index is 14.2. The number of carbonyl (C=O) groups excluding carboxylic acids is 2. The largest absolute Gasteiger partial charge is 0.507 e. The van der Waals surface area contributed by atoms with Crippen LogP contribution in [0.1, 0.15) is 57.5 Å². The lowest BCUT2D eigenvalue weighted by Crippen LogP contribution is -2.45. The molecule has 2 aromatic rings. The Bertz CT molecular complexity index is 1250. The minimum absolute atomic E-state index is 0.00351. The van der Waals surface area contributed by atoms with Gasteiger partial charge in [-0.3, -0.25) is 9.59 Å². The van der Waals surface area contributed by atoms with Crippen LogP contribution >= 0.6 is 0 Å². The molecule has 10 nitrogen and oxygen atoms in total. The van der Waals surface area contributed by atoms with Crippen LogP contribution in [0.4, 0.5) is 15.8 Å². The second-order valence-corrected chi connectivity index (χ2v) is 10.3. The molecule has 198 valence electrons. The summed E-state index contributed by atoms with van der Waals surface area (Å²) in [7, 11) is 0. The van der Waals surface area contributed by atoms with Crippen molar-refractivity contribution in [2.45, 2.75) is 25.7 Å². The summed E-state index contributed by atoms with van der Waals surface area (Å²) in [5.41, 5.74) is -0.407. The van der Waals surface area contributed by atoms with Gasteiger partial charge in [0.15, 0.2) is 11.6 Å². The second-order valence-electron chi connectivity index (χ2n) is 10.3. The Labute approximate surface area is 213 Å². The molecule has 2 heterocycles. The fourth-order valence-corrected chi connectivity index (χ4v) is 5.79. The summed E-state index contributed by atoms with van der Waals surface area (Å²) in [6.45, 7) is 4.03. The molecule has 5 rings (SSSR count). The number of hydrogen-bond donors (Lipinski definition) is 6. The second kappa shape index (κ2) is 9.56. The molecule has 0 atom stereocenters. The molecule has 0 spiro atoms. The molecule has 0 aromatic heterocycles. The van der Waals surface area contributed by atoms with E-state index in [1.807, 2.05) is 0 Å². The first-order chi connectivity index (χ1) is 17.6. The van der Waals surface area contributed by atoms with Gasteiger partial charge in [0, 0.05) is 43.1 Å². The van der Waals surface area contributed by atoms with Crippen LogP contribution in [0, 0.1) is 5.82 Å². The van der Waals surface area contributed by atoms with E-state index >= 15 is 0 Å². The van der Waals surface area contributed by atoms with Crippen molar-refractivity contribution in [3.05, 3.63) is 46.3 Å². The fourth-order valence-electron chi connectivity index (χ4n) is 5.79. The molecule has 0 bridgehead atoms. The molecule has 3 aliphatic rings. The summed E-state index contributed by atoms with van der Waals surface area (Å²) < 4.78 is 14.1. The Morgan fingerprint density at radius 3 is 1.62 bits per heavy atom. The minimum atomic E-state index is -1.20. The van der Waals surface area contributed by atoms with Crippen LogP contribution in [-0.4, -0.2) is 93.8 Å². The van der Waals surface area contributed by atoms with E-state index in [-0.39, 0.29) is 20.4 Å². The zero-order chi connectivity index (χ0) is 26.4. The summed E-state index contributed by atoms with van der Waals surface area (Å²) in [5, 5.41) is 48.2. The van der Waals surface area contributed by atoms with Crippen molar-refractivity contribution >= 4 is 22.9 Å². The monoisotopic (exact) mass is 516 g/mol. The molecule has 2 aliphatic heterocycles. The number of aromatic hydroxyl groups is 2. The number of nitrogens with one attached hydrogen (secondary N) is 2. The first-order valence-corrected chi connectivity index (χ1v) is 12.8. The van der Waals surface area contributed by atoms with Crippen molar-refractivity contribution in [2.75, 3.05) is 63.0 Å². The minimum Gasteiger partial charge on any atom is -0.507 e. The predicted molar refractivity (Wildman–Crippen MR) is 132 cm³/mol. The summed E-state index contributed by atoms with van der Waals surface area (Å²) >= 11 is 0. The van der Waals surface area contributed by atoms with E-state index in [0.717, 1.165) is 25.7 Å². The molecule has 37 heavy (non-hydrogen) atoms. The van der Waals surface area contributed by atoms with Crippen molar-refractivity contribution in [3.63, 3.8) is 0 Å². The van der Waals surface area contributed by atoms with Crippen molar-refractivity contribution in [1.29, 1.82) is 0 Å². The lowest BCUT2D eigenvalue weighted by Gasteiger charge is -2.28. The van der Waals surface area contributed by atoms with Crippen LogP contribution in [0.25, 0.3) is 0 Å². The highest BCUT2D eigenvalue weighted by Gasteiger charge is 2.40. The third-order valence-electron chi connectivity index (χ3n) is 7.83. The summed E-state index contributed by atoms with van der Waals surface area (Å²) in [6.07, 6.45) is 3.73. The highest BCUT2D eigenvalue weighted by atomic mass is 19.1. The number of anilines is 2. The number of quaternary nitrogens is 2. The van der Waals surface area contributed by atoms with Gasteiger partial charge in [-0.1, -0.05) is 0 Å². The number of carbonyl (C=O) groups is 2. The van der Waals surface area contributed by atoms with Crippen LogP contribution in [0.2, 0.25) is 0 Å². The molecule has 0 amide bonds. The van der Waals surface area contributed by atoms with Crippen LogP contribution in [0.3, 0.4) is 0 Å². The number of hydrogen-bond acceptors (Lipinski definition) is 8. The average molecular weight is 517 g/mol. The van der Waals surface area contributed by atoms with Crippen LogP contribution in [0.5, 0.6) is 11.5 Å². The van der Waals surface area contributed by atoms with Gasteiger partial charge in [0.2, 0.25) is 11.6 Å². The molecule has 0 radical (unpaired) electrons. The SMILES string of the molecule is O=C1c2c(O)cc(F)c(O)c2C(=O)c2c(NCC[N+]3(O)CCCC3)ccc(NCC[N+]3(O)CCCC3)c21. The molecule has 0 unspecified atom stereocenters. The third kappa shape index (κ3) is 4.63. The Balaban J connectivity index is 1.49. The number of halogens is 1. The van der Waals surface area contributed by atoms with Crippen LogP contribution in [-0.2, 0) is 0 Å². The van der Waals surface area contributed by atoms with Crippen molar-refractivity contribution < 1.29 is 43.9 Å². The van der Waals surface area contributed by atoms with Gasteiger partial charge in [-0.2, -0.15) is 9.29 Å². The number of nitrogens with zero attached hydrogens (tertiary/aromatic N) is 2. The molecule has 2 fully saturated rings. The summed E-state index contributed by atoms with van der Waals surface area (Å²) in [5.74, 6) is -4.42. The standard InChI is InChI=1S/C26H31FN4O6/c27-16-15-19(32)22-23(24(16)33)26(35)21-18(29-8-14-31(37)11-3-4-12-31)6-5-17(20(21)25(22)34)28-7-13-30(36)9-1-2-10-30/h5-6,15,36-37H,1-4,7-14H2,(H2-2,28,29,32,33,34,35)/p+2. The van der Waals surface area contributed by atoms with Crippen molar-refractivity contribution in [3.8, 4) is 11.5 Å². The Morgan fingerprint density at radius 2 is 1.16 bits per heavy atom. The third-order valence-corrected chi connectivity index (χ3v) is 7.83. The maximum Gasteiger partial charge on any atom is 0.200 e. The normalized spacial score (nSPS) is 19.5. The van der Waals surface area contributed by atoms with Gasteiger partial charge in [0.25, 0.3) is 0 Å². The number of benzene rings is 2. The van der Waals surface area contributed by atoms with Gasteiger partial charge < -0.3 is 20.8 Å². The number of rotatable bonds is 8. The molecule has 11 heteroatoms. The highest BCUT2D eigenvalue weighted by Crippen LogP contribution is 2.43. The Morgan fingerprint density at radius 1 is 0.730 bits per heavy atom. The van der Waals surface area contributed by atoms with E-state index in [1.54, 1.807) is 12.1 Å². The van der Waals surface area contributed by atoms with E-state index in [1.165, 1.54) is 0 Å². The van der Waals surface area contributed by atoms with E-state index in [4.69, 9.17) is 0 Å². The summed E-state index contributed by atoms with van der Waals surface area (Å²) in [6, 6.07) is 3.88. The molecular weight excluding hydrogens is 483 g/mol. The van der Waals surface area contributed by atoms with Crippen molar-refractivity contribution in [2.24, 2.45) is 0 Å². The molecule has 1 aliphatic carbocycles. The van der Waals surface area contributed by atoms with Crippen molar-refractivity contribution in [1.82, 2.24) is 0 Å². The number of fused-ring (bicyclic) bond motifs is 2. The van der Waals surface area contributed by atoms with E-state index in [2.05, 4.69) is 10.6 Å². The van der Waals surface area contributed by atoms with E-state index in [9.17, 15) is 34.6 Å². The number of phenolic OH excluding ortho intramolecular Hbond substituents is 2. The lowest BCUT2D eigenvalue weighted by atomic mass is 9.81. The molecule has 0 saturated carbocycles. The van der Waals surface area contributed by atoms with Crippen LogP contribution < -0.4 is 10.6 Å².